The molecule has 0 atom stereocenters. The zero-order valence-electron chi connectivity index (χ0n) is 11.9. The van der Waals surface area contributed by atoms with Crippen LogP contribution in [-0.2, 0) is 6.54 Å². The molecule has 1 saturated heterocycles. The van der Waals surface area contributed by atoms with Crippen molar-refractivity contribution in [2.45, 2.75) is 19.4 Å². The van der Waals surface area contributed by atoms with Crippen LogP contribution in [0.3, 0.4) is 0 Å². The Hall–Kier alpha value is -0.875. The minimum Gasteiger partial charge on any atom is -0.423 e. The molecule has 0 bridgehead atoms. The van der Waals surface area contributed by atoms with Gasteiger partial charge in [0.1, 0.15) is 0 Å². The molecule has 0 aromatic heterocycles. The van der Waals surface area contributed by atoms with Gasteiger partial charge in [0.25, 0.3) is 0 Å². The number of nitrogens with zero attached hydrogens (tertiary/aromatic N) is 2. The molecule has 1 aromatic carbocycles. The largest absolute Gasteiger partial charge is 0.488 e. The van der Waals surface area contributed by atoms with E-state index < -0.39 is 7.12 Å². The van der Waals surface area contributed by atoms with Crippen molar-refractivity contribution in [3.63, 3.8) is 0 Å². The first-order chi connectivity index (χ1) is 9.70. The van der Waals surface area contributed by atoms with Gasteiger partial charge in [0.05, 0.1) is 0 Å². The summed E-state index contributed by atoms with van der Waals surface area (Å²) in [6.07, 6.45) is 2.85. The van der Waals surface area contributed by atoms with E-state index in [1.165, 1.54) is 32.5 Å². The highest BCUT2D eigenvalue weighted by Gasteiger charge is 2.26. The highest BCUT2D eigenvalue weighted by Crippen LogP contribution is 2.29. The molecule has 0 amide bonds. The lowest BCUT2D eigenvalue weighted by atomic mass is 9.79. The molecule has 1 aliphatic carbocycles. The molecule has 0 unspecified atom stereocenters. The van der Waals surface area contributed by atoms with Gasteiger partial charge in [-0.1, -0.05) is 24.3 Å². The fourth-order valence-corrected chi connectivity index (χ4v) is 2.91. The van der Waals surface area contributed by atoms with Gasteiger partial charge in [-0.3, -0.25) is 4.90 Å². The van der Waals surface area contributed by atoms with Gasteiger partial charge >= 0.3 is 7.12 Å². The summed E-state index contributed by atoms with van der Waals surface area (Å²) in [6.45, 7) is 6.74. The van der Waals surface area contributed by atoms with E-state index in [4.69, 9.17) is 0 Å². The lowest BCUT2D eigenvalue weighted by Gasteiger charge is -2.34. The Morgan fingerprint density at radius 2 is 1.75 bits per heavy atom. The number of benzene rings is 1. The van der Waals surface area contributed by atoms with Gasteiger partial charge in [-0.05, 0) is 29.8 Å². The summed E-state index contributed by atoms with van der Waals surface area (Å²) in [7, 11) is -1.37. The van der Waals surface area contributed by atoms with E-state index in [1.807, 2.05) is 12.1 Å². The third-order valence-corrected chi connectivity index (χ3v) is 4.33. The number of rotatable bonds is 5. The van der Waals surface area contributed by atoms with Crippen LogP contribution in [0.15, 0.2) is 24.3 Å². The summed E-state index contributed by atoms with van der Waals surface area (Å²) < 4.78 is 0. The van der Waals surface area contributed by atoms with Gasteiger partial charge in [0, 0.05) is 39.3 Å². The first-order valence-corrected chi connectivity index (χ1v) is 7.60. The molecular formula is C15H23BN2O2. The van der Waals surface area contributed by atoms with Gasteiger partial charge in [-0.2, -0.15) is 0 Å². The zero-order valence-corrected chi connectivity index (χ0v) is 11.9. The van der Waals surface area contributed by atoms with Crippen molar-refractivity contribution in [1.29, 1.82) is 0 Å². The van der Waals surface area contributed by atoms with Crippen molar-refractivity contribution in [1.82, 2.24) is 9.80 Å². The predicted molar refractivity (Wildman–Crippen MR) is 80.7 cm³/mol. The molecule has 5 heteroatoms. The van der Waals surface area contributed by atoms with E-state index in [2.05, 4.69) is 15.9 Å². The summed E-state index contributed by atoms with van der Waals surface area (Å²) in [5, 5.41) is 18.4. The molecule has 2 N–H and O–H groups in total. The van der Waals surface area contributed by atoms with E-state index in [1.54, 1.807) is 6.07 Å². The Morgan fingerprint density at radius 1 is 1.05 bits per heavy atom. The standard InChI is InChI=1S/C15H23BN2O2/c19-16(20)15-3-1-2-14(10-15)12-18-8-6-17(7-9-18)11-13-4-5-13/h1-3,10,13,19-20H,4-9,11-12H2. The fourth-order valence-electron chi connectivity index (χ4n) is 2.91. The third-order valence-electron chi connectivity index (χ3n) is 4.33. The van der Waals surface area contributed by atoms with Crippen LogP contribution in [-0.4, -0.2) is 59.7 Å². The molecule has 2 fully saturated rings. The van der Waals surface area contributed by atoms with E-state index in [9.17, 15) is 10.0 Å². The average molecular weight is 274 g/mol. The van der Waals surface area contributed by atoms with Crippen LogP contribution in [0, 0.1) is 5.92 Å². The molecular weight excluding hydrogens is 251 g/mol. The maximum atomic E-state index is 9.21. The minimum atomic E-state index is -1.37. The number of hydrogen-bond donors (Lipinski definition) is 2. The van der Waals surface area contributed by atoms with E-state index in [-0.39, 0.29) is 0 Å². The SMILES string of the molecule is OB(O)c1cccc(CN2CCN(CC3CC3)CC2)c1. The van der Waals surface area contributed by atoms with Crippen molar-refractivity contribution < 1.29 is 10.0 Å². The molecule has 0 radical (unpaired) electrons. The topological polar surface area (TPSA) is 46.9 Å². The van der Waals surface area contributed by atoms with Crippen molar-refractivity contribution in [3.8, 4) is 0 Å². The first-order valence-electron chi connectivity index (χ1n) is 7.60. The Morgan fingerprint density at radius 3 is 2.40 bits per heavy atom. The second-order valence-electron chi connectivity index (χ2n) is 6.14. The van der Waals surface area contributed by atoms with Gasteiger partial charge in [0.15, 0.2) is 0 Å². The van der Waals surface area contributed by atoms with E-state index >= 15 is 0 Å². The maximum absolute atomic E-state index is 9.21. The Kier molecular flexibility index (Phi) is 4.41. The average Bonchev–Trinajstić information content (AvgIpc) is 3.25. The van der Waals surface area contributed by atoms with Crippen molar-refractivity contribution in [3.05, 3.63) is 29.8 Å². The molecule has 1 aliphatic heterocycles. The maximum Gasteiger partial charge on any atom is 0.488 e. The Labute approximate surface area is 121 Å². The monoisotopic (exact) mass is 274 g/mol. The summed E-state index contributed by atoms with van der Waals surface area (Å²) >= 11 is 0. The van der Waals surface area contributed by atoms with Crippen LogP contribution in [0.1, 0.15) is 18.4 Å². The third kappa shape index (κ3) is 3.82. The summed E-state index contributed by atoms with van der Waals surface area (Å²) in [4.78, 5) is 5.04. The fraction of sp³-hybridized carbons (Fsp3) is 0.600. The van der Waals surface area contributed by atoms with Gasteiger partial charge < -0.3 is 14.9 Å². The highest BCUT2D eigenvalue weighted by atomic mass is 16.4. The smallest absolute Gasteiger partial charge is 0.423 e. The summed E-state index contributed by atoms with van der Waals surface area (Å²) in [5.74, 6) is 0.976. The molecule has 0 spiro atoms. The van der Waals surface area contributed by atoms with Crippen LogP contribution in [0.5, 0.6) is 0 Å². The van der Waals surface area contributed by atoms with Crippen molar-refractivity contribution in [2.75, 3.05) is 32.7 Å². The lowest BCUT2D eigenvalue weighted by molar-refractivity contribution is 0.123. The van der Waals surface area contributed by atoms with Crippen molar-refractivity contribution in [2.24, 2.45) is 5.92 Å². The molecule has 3 rings (SSSR count). The van der Waals surface area contributed by atoms with Gasteiger partial charge in [0.2, 0.25) is 0 Å². The molecule has 1 heterocycles. The molecule has 1 aromatic rings. The van der Waals surface area contributed by atoms with Crippen LogP contribution < -0.4 is 5.46 Å². The predicted octanol–water partition coefficient (Wildman–Crippen LogP) is -0.106. The Bertz CT molecular complexity index is 443. The second kappa shape index (κ2) is 6.27. The Balaban J connectivity index is 1.49. The summed E-state index contributed by atoms with van der Waals surface area (Å²) in [5.41, 5.74) is 1.74. The van der Waals surface area contributed by atoms with Crippen molar-refractivity contribution >= 4 is 12.6 Å². The van der Waals surface area contributed by atoms with Crippen LogP contribution in [0.4, 0.5) is 0 Å². The normalized spacial score (nSPS) is 21.1. The first kappa shape index (κ1) is 14.1. The lowest BCUT2D eigenvalue weighted by Crippen LogP contribution is -2.46. The molecule has 4 nitrogen and oxygen atoms in total. The molecule has 20 heavy (non-hydrogen) atoms. The van der Waals surface area contributed by atoms with Crippen LogP contribution in [0.25, 0.3) is 0 Å². The molecule has 108 valence electrons. The second-order valence-corrected chi connectivity index (χ2v) is 6.14. The number of piperazine rings is 1. The zero-order chi connectivity index (χ0) is 13.9. The van der Waals surface area contributed by atoms with Gasteiger partial charge in [-0.25, -0.2) is 0 Å². The highest BCUT2D eigenvalue weighted by molar-refractivity contribution is 6.58. The number of hydrogen-bond acceptors (Lipinski definition) is 4. The molecule has 1 saturated carbocycles. The molecule has 2 aliphatic rings. The van der Waals surface area contributed by atoms with Gasteiger partial charge in [-0.15, -0.1) is 0 Å². The van der Waals surface area contributed by atoms with E-state index in [0.717, 1.165) is 31.1 Å². The van der Waals surface area contributed by atoms with E-state index in [0.29, 0.717) is 5.46 Å². The van der Waals surface area contributed by atoms with Crippen LogP contribution >= 0.6 is 0 Å². The van der Waals surface area contributed by atoms with Crippen LogP contribution in [0.2, 0.25) is 0 Å². The summed E-state index contributed by atoms with van der Waals surface area (Å²) in [6, 6.07) is 7.60. The quantitative estimate of drug-likeness (QED) is 0.736. The minimum absolute atomic E-state index is 0.579.